The second-order valence-corrected chi connectivity index (χ2v) is 5.02. The third-order valence-electron chi connectivity index (χ3n) is 3.16. The maximum absolute atomic E-state index is 9.27. The molecule has 0 atom stereocenters. The Morgan fingerprint density at radius 1 is 0.857 bits per heavy atom. The molecule has 0 unspecified atom stereocenters. The predicted octanol–water partition coefficient (Wildman–Crippen LogP) is 3.79. The zero-order chi connectivity index (χ0) is 14.8. The number of aromatic nitrogens is 2. The zero-order valence-electron chi connectivity index (χ0n) is 11.9. The molecule has 0 spiro atoms. The molecular formula is C16H16N4O. The Hall–Kier alpha value is -2.66. The molecule has 0 aliphatic rings. The lowest BCUT2D eigenvalue weighted by atomic mass is 10.1. The lowest BCUT2D eigenvalue weighted by Gasteiger charge is -2.12. The van der Waals surface area contributed by atoms with Crippen molar-refractivity contribution in [1.82, 2.24) is 9.97 Å². The van der Waals surface area contributed by atoms with Gasteiger partial charge in [0.2, 0.25) is 0 Å². The number of nitrogens with one attached hydrogen (secondary N) is 2. The fourth-order valence-electron chi connectivity index (χ4n) is 2.35. The molecule has 0 aliphatic heterocycles. The fourth-order valence-corrected chi connectivity index (χ4v) is 2.35. The summed E-state index contributed by atoms with van der Waals surface area (Å²) in [6.07, 6.45) is 0. The van der Waals surface area contributed by atoms with Crippen LogP contribution in [0.4, 0.5) is 17.3 Å². The molecule has 5 nitrogen and oxygen atoms in total. The van der Waals surface area contributed by atoms with Crippen LogP contribution < -0.4 is 10.8 Å². The van der Waals surface area contributed by atoms with Gasteiger partial charge in [0, 0.05) is 5.69 Å². The van der Waals surface area contributed by atoms with Gasteiger partial charge in [-0.05, 0) is 49.2 Å². The van der Waals surface area contributed by atoms with Crippen molar-refractivity contribution in [3.8, 4) is 0 Å². The molecule has 0 saturated carbocycles. The normalized spacial score (nSPS) is 10.6. The van der Waals surface area contributed by atoms with Gasteiger partial charge < -0.3 is 5.32 Å². The first-order valence-corrected chi connectivity index (χ1v) is 6.68. The molecule has 1 aromatic heterocycles. The summed E-state index contributed by atoms with van der Waals surface area (Å²) < 4.78 is 0. The molecule has 3 rings (SSSR count). The Labute approximate surface area is 122 Å². The molecule has 21 heavy (non-hydrogen) atoms. The van der Waals surface area contributed by atoms with E-state index in [0.29, 0.717) is 11.6 Å². The van der Waals surface area contributed by atoms with E-state index in [-0.39, 0.29) is 0 Å². The Bertz CT molecular complexity index is 781. The van der Waals surface area contributed by atoms with E-state index >= 15 is 0 Å². The van der Waals surface area contributed by atoms with Crippen LogP contribution in [0.5, 0.6) is 0 Å². The van der Waals surface area contributed by atoms with Crippen molar-refractivity contribution in [3.63, 3.8) is 0 Å². The number of anilines is 3. The Kier molecular flexibility index (Phi) is 3.41. The Morgan fingerprint density at radius 2 is 1.43 bits per heavy atom. The van der Waals surface area contributed by atoms with Crippen LogP contribution in [-0.2, 0) is 0 Å². The van der Waals surface area contributed by atoms with Crippen LogP contribution in [0.15, 0.2) is 42.5 Å². The number of nitrogens with zero attached hydrogens (tertiary/aromatic N) is 2. The van der Waals surface area contributed by atoms with E-state index in [2.05, 4.69) is 26.8 Å². The molecule has 3 aromatic rings. The summed E-state index contributed by atoms with van der Waals surface area (Å²) in [5, 5.41) is 12.5. The van der Waals surface area contributed by atoms with Crippen molar-refractivity contribution in [3.05, 3.63) is 53.6 Å². The fraction of sp³-hybridized carbons (Fsp3) is 0.125. The summed E-state index contributed by atoms with van der Waals surface area (Å²) in [5.74, 6) is 0.786. The van der Waals surface area contributed by atoms with E-state index in [9.17, 15) is 5.21 Å². The largest absolute Gasteiger partial charge is 0.337 e. The van der Waals surface area contributed by atoms with Gasteiger partial charge in [-0.15, -0.1) is 0 Å². The smallest absolute Gasteiger partial charge is 0.194 e. The molecule has 0 amide bonds. The van der Waals surface area contributed by atoms with Crippen LogP contribution >= 0.6 is 0 Å². The van der Waals surface area contributed by atoms with Crippen LogP contribution in [-0.4, -0.2) is 15.2 Å². The minimum absolute atomic E-state index is 0.299. The second kappa shape index (κ2) is 5.38. The average molecular weight is 280 g/mol. The molecule has 0 bridgehead atoms. The minimum atomic E-state index is 0.299. The van der Waals surface area contributed by atoms with Crippen LogP contribution in [0.1, 0.15) is 11.1 Å². The van der Waals surface area contributed by atoms with Crippen molar-refractivity contribution >= 4 is 28.4 Å². The second-order valence-electron chi connectivity index (χ2n) is 5.02. The lowest BCUT2D eigenvalue weighted by molar-refractivity contribution is 0.386. The molecule has 106 valence electrons. The lowest BCUT2D eigenvalue weighted by Crippen LogP contribution is -2.03. The number of para-hydroxylation sites is 2. The number of benzene rings is 2. The van der Waals surface area contributed by atoms with Crippen molar-refractivity contribution in [2.75, 3.05) is 10.8 Å². The van der Waals surface area contributed by atoms with Gasteiger partial charge in [0.1, 0.15) is 0 Å². The van der Waals surface area contributed by atoms with Crippen molar-refractivity contribution in [2.24, 2.45) is 0 Å². The number of fused-ring (bicyclic) bond motifs is 1. The maximum Gasteiger partial charge on any atom is 0.194 e. The summed E-state index contributed by atoms with van der Waals surface area (Å²) in [6, 6.07) is 13.7. The van der Waals surface area contributed by atoms with Crippen molar-refractivity contribution in [1.29, 1.82) is 0 Å². The first kappa shape index (κ1) is 13.3. The Morgan fingerprint density at radius 3 is 2.00 bits per heavy atom. The van der Waals surface area contributed by atoms with Gasteiger partial charge in [-0.1, -0.05) is 18.2 Å². The quantitative estimate of drug-likeness (QED) is 0.637. The summed E-state index contributed by atoms with van der Waals surface area (Å²) >= 11 is 0. The summed E-state index contributed by atoms with van der Waals surface area (Å²) in [7, 11) is 0. The third kappa shape index (κ3) is 2.78. The summed E-state index contributed by atoms with van der Waals surface area (Å²) in [6.45, 7) is 4.07. The van der Waals surface area contributed by atoms with E-state index in [1.165, 1.54) is 0 Å². The summed E-state index contributed by atoms with van der Waals surface area (Å²) in [5.41, 5.74) is 6.82. The molecule has 0 radical (unpaired) electrons. The molecule has 0 saturated heterocycles. The van der Waals surface area contributed by atoms with Gasteiger partial charge in [-0.3, -0.25) is 5.21 Å². The summed E-state index contributed by atoms with van der Waals surface area (Å²) in [4.78, 5) is 8.85. The molecular weight excluding hydrogens is 264 g/mol. The van der Waals surface area contributed by atoms with Crippen molar-refractivity contribution in [2.45, 2.75) is 13.8 Å². The SMILES string of the molecule is Cc1cc(C)cc(Nc2nc3ccccc3nc2NO)c1. The predicted molar refractivity (Wildman–Crippen MR) is 84.1 cm³/mol. The van der Waals surface area contributed by atoms with Gasteiger partial charge in [-0.25, -0.2) is 15.4 Å². The van der Waals surface area contributed by atoms with E-state index in [0.717, 1.165) is 27.8 Å². The average Bonchev–Trinajstić information content (AvgIpc) is 2.45. The number of aryl methyl sites for hydroxylation is 2. The number of hydrogen-bond donors (Lipinski definition) is 3. The van der Waals surface area contributed by atoms with Crippen LogP contribution in [0, 0.1) is 13.8 Å². The maximum atomic E-state index is 9.27. The standard InChI is InChI=1S/C16H16N4O/c1-10-7-11(2)9-12(8-10)17-15-16(20-21)19-14-6-4-3-5-13(14)18-15/h3-9,21H,1-2H3,(H,17,18)(H,19,20). The third-order valence-corrected chi connectivity index (χ3v) is 3.16. The minimum Gasteiger partial charge on any atom is -0.337 e. The molecule has 2 aromatic carbocycles. The van der Waals surface area contributed by atoms with Gasteiger partial charge >= 0.3 is 0 Å². The van der Waals surface area contributed by atoms with Crippen LogP contribution in [0.25, 0.3) is 11.0 Å². The molecule has 0 fully saturated rings. The topological polar surface area (TPSA) is 70.1 Å². The first-order chi connectivity index (χ1) is 10.2. The molecule has 1 heterocycles. The highest BCUT2D eigenvalue weighted by Crippen LogP contribution is 2.25. The van der Waals surface area contributed by atoms with Crippen LogP contribution in [0.2, 0.25) is 0 Å². The monoisotopic (exact) mass is 280 g/mol. The highest BCUT2D eigenvalue weighted by molar-refractivity contribution is 5.81. The van der Waals surface area contributed by atoms with E-state index in [4.69, 9.17) is 0 Å². The van der Waals surface area contributed by atoms with Gasteiger partial charge in [0.15, 0.2) is 11.6 Å². The van der Waals surface area contributed by atoms with E-state index in [1.807, 2.05) is 50.2 Å². The van der Waals surface area contributed by atoms with E-state index in [1.54, 1.807) is 0 Å². The number of hydrogen-bond acceptors (Lipinski definition) is 5. The highest BCUT2D eigenvalue weighted by Gasteiger charge is 2.08. The van der Waals surface area contributed by atoms with Gasteiger partial charge in [-0.2, -0.15) is 0 Å². The molecule has 3 N–H and O–H groups in total. The van der Waals surface area contributed by atoms with Gasteiger partial charge in [0.05, 0.1) is 11.0 Å². The van der Waals surface area contributed by atoms with Gasteiger partial charge in [0.25, 0.3) is 0 Å². The highest BCUT2D eigenvalue weighted by atomic mass is 16.5. The Balaban J connectivity index is 2.06. The van der Waals surface area contributed by atoms with E-state index < -0.39 is 0 Å². The zero-order valence-corrected chi connectivity index (χ0v) is 11.9. The van der Waals surface area contributed by atoms with Crippen molar-refractivity contribution < 1.29 is 5.21 Å². The number of rotatable bonds is 3. The molecule has 5 heteroatoms. The van der Waals surface area contributed by atoms with Crippen LogP contribution in [0.3, 0.4) is 0 Å². The molecule has 0 aliphatic carbocycles. The first-order valence-electron chi connectivity index (χ1n) is 6.68.